The van der Waals surface area contributed by atoms with Crippen LogP contribution in [0.1, 0.15) is 50.4 Å². The highest BCUT2D eigenvalue weighted by Gasteiger charge is 2.71. The Morgan fingerprint density at radius 2 is 1.79 bits per heavy atom. The molecule has 2 unspecified atom stereocenters. The highest BCUT2D eigenvalue weighted by atomic mass is 79.9. The number of carbonyl (C=O) groups is 2. The van der Waals surface area contributed by atoms with Gasteiger partial charge in [-0.3, -0.25) is 9.59 Å². The molecular formula is C18H21BrN2O3. The van der Waals surface area contributed by atoms with Gasteiger partial charge in [0, 0.05) is 27.6 Å². The number of aliphatic carboxylic acids is 1. The van der Waals surface area contributed by atoms with Crippen molar-refractivity contribution in [1.82, 2.24) is 5.43 Å². The second kappa shape index (κ2) is 5.41. The normalized spacial score (nSPS) is 32.1. The van der Waals surface area contributed by atoms with Crippen LogP contribution in [0.2, 0.25) is 0 Å². The lowest BCUT2D eigenvalue weighted by Gasteiger charge is -2.37. The molecule has 6 heteroatoms. The molecule has 0 aliphatic heterocycles. The molecule has 1 amide bonds. The van der Waals surface area contributed by atoms with Gasteiger partial charge < -0.3 is 5.11 Å². The van der Waals surface area contributed by atoms with Crippen LogP contribution in [-0.4, -0.2) is 22.7 Å². The fraction of sp³-hybridized carbons (Fsp3) is 0.500. The number of carboxylic acids is 1. The van der Waals surface area contributed by atoms with E-state index in [-0.39, 0.29) is 11.3 Å². The molecule has 0 spiro atoms. The minimum absolute atomic E-state index is 0.288. The third kappa shape index (κ3) is 2.15. The number of benzene rings is 1. The molecule has 5 nitrogen and oxygen atoms in total. The molecular weight excluding hydrogens is 372 g/mol. The van der Waals surface area contributed by atoms with Gasteiger partial charge >= 0.3 is 5.97 Å². The molecule has 3 rings (SSSR count). The van der Waals surface area contributed by atoms with Crippen molar-refractivity contribution in [1.29, 1.82) is 0 Å². The summed E-state index contributed by atoms with van der Waals surface area (Å²) >= 11 is 3.33. The number of rotatable bonds is 3. The first-order valence-electron chi connectivity index (χ1n) is 8.00. The Hall–Kier alpha value is -1.69. The Kier molecular flexibility index (Phi) is 3.86. The van der Waals surface area contributed by atoms with Crippen LogP contribution >= 0.6 is 15.9 Å². The molecule has 24 heavy (non-hydrogen) atoms. The smallest absolute Gasteiger partial charge is 0.310 e. The zero-order chi connectivity index (χ0) is 17.8. The Morgan fingerprint density at radius 1 is 1.17 bits per heavy atom. The highest BCUT2D eigenvalue weighted by Crippen LogP contribution is 2.70. The summed E-state index contributed by atoms with van der Waals surface area (Å²) in [6.45, 7) is 6.08. The van der Waals surface area contributed by atoms with Crippen molar-refractivity contribution in [2.75, 3.05) is 0 Å². The van der Waals surface area contributed by atoms with E-state index in [0.717, 1.165) is 16.6 Å². The number of nitrogens with one attached hydrogen (secondary N) is 1. The minimum Gasteiger partial charge on any atom is -0.481 e. The van der Waals surface area contributed by atoms with E-state index >= 15 is 0 Å². The number of amides is 1. The van der Waals surface area contributed by atoms with Crippen molar-refractivity contribution in [3.8, 4) is 0 Å². The second-order valence-electron chi connectivity index (χ2n) is 7.53. The van der Waals surface area contributed by atoms with Crippen LogP contribution in [0.5, 0.6) is 0 Å². The van der Waals surface area contributed by atoms with Crippen LogP contribution in [0.4, 0.5) is 0 Å². The number of carbonyl (C=O) groups excluding carboxylic acids is 1. The lowest BCUT2D eigenvalue weighted by Crippen LogP contribution is -2.40. The van der Waals surface area contributed by atoms with Gasteiger partial charge in [0.1, 0.15) is 0 Å². The third-order valence-electron chi connectivity index (χ3n) is 6.54. The molecule has 0 aromatic heterocycles. The van der Waals surface area contributed by atoms with Crippen molar-refractivity contribution in [2.45, 2.75) is 40.0 Å². The summed E-state index contributed by atoms with van der Waals surface area (Å²) in [6, 6.07) is 7.02. The van der Waals surface area contributed by atoms with Crippen LogP contribution in [0.25, 0.3) is 0 Å². The number of hydrazone groups is 1. The number of fused-ring (bicyclic) bond motifs is 2. The van der Waals surface area contributed by atoms with E-state index in [1.165, 1.54) is 0 Å². The Labute approximate surface area is 149 Å². The summed E-state index contributed by atoms with van der Waals surface area (Å²) in [4.78, 5) is 24.2. The van der Waals surface area contributed by atoms with Gasteiger partial charge in [0.15, 0.2) is 0 Å². The van der Waals surface area contributed by atoms with E-state index in [4.69, 9.17) is 0 Å². The van der Waals surface area contributed by atoms with Gasteiger partial charge in [0.05, 0.1) is 5.41 Å². The van der Waals surface area contributed by atoms with Gasteiger partial charge in [0.25, 0.3) is 5.91 Å². The summed E-state index contributed by atoms with van der Waals surface area (Å²) in [5.74, 6) is -1.05. The lowest BCUT2D eigenvalue weighted by molar-refractivity contribution is -0.154. The monoisotopic (exact) mass is 392 g/mol. The van der Waals surface area contributed by atoms with Gasteiger partial charge in [-0.05, 0) is 42.5 Å². The van der Waals surface area contributed by atoms with E-state index < -0.39 is 16.8 Å². The molecule has 2 fully saturated rings. The molecule has 2 aliphatic rings. The van der Waals surface area contributed by atoms with Crippen molar-refractivity contribution in [3.05, 3.63) is 34.3 Å². The summed E-state index contributed by atoms with van der Waals surface area (Å²) in [6.07, 6.45) is 1.83. The van der Waals surface area contributed by atoms with Gasteiger partial charge in [-0.25, -0.2) is 5.43 Å². The maximum absolute atomic E-state index is 12.2. The van der Waals surface area contributed by atoms with E-state index in [0.29, 0.717) is 18.4 Å². The molecule has 1 aromatic carbocycles. The summed E-state index contributed by atoms with van der Waals surface area (Å²) in [7, 11) is 0. The Morgan fingerprint density at radius 3 is 2.33 bits per heavy atom. The van der Waals surface area contributed by atoms with Crippen molar-refractivity contribution >= 4 is 33.5 Å². The van der Waals surface area contributed by atoms with Crippen molar-refractivity contribution in [2.24, 2.45) is 21.3 Å². The van der Waals surface area contributed by atoms with Crippen LogP contribution in [0, 0.1) is 16.2 Å². The van der Waals surface area contributed by atoms with Crippen LogP contribution in [0.15, 0.2) is 33.8 Å². The molecule has 128 valence electrons. The molecule has 2 saturated carbocycles. The molecule has 2 N–H and O–H groups in total. The van der Waals surface area contributed by atoms with Gasteiger partial charge in [-0.1, -0.05) is 36.7 Å². The largest absolute Gasteiger partial charge is 0.481 e. The third-order valence-corrected chi connectivity index (χ3v) is 7.07. The van der Waals surface area contributed by atoms with Crippen molar-refractivity contribution in [3.63, 3.8) is 0 Å². The van der Waals surface area contributed by atoms with E-state index in [2.05, 4.69) is 33.4 Å². The maximum atomic E-state index is 12.2. The number of halogens is 1. The molecule has 0 radical (unpaired) electrons. The average molecular weight is 393 g/mol. The molecule has 2 bridgehead atoms. The second-order valence-corrected chi connectivity index (χ2v) is 8.44. The Bertz CT molecular complexity index is 741. The highest BCUT2D eigenvalue weighted by molar-refractivity contribution is 9.10. The standard InChI is InChI=1S/C18H21BrN2O3/c1-16(2)17(3)8-9-18(16,15(23)24)10-13(17)20-21-14(22)11-4-6-12(19)7-5-11/h4-7H,8-10H2,1-3H3,(H,21,22)(H,23,24)/b20-13+. The summed E-state index contributed by atoms with van der Waals surface area (Å²) in [5, 5.41) is 14.1. The van der Waals surface area contributed by atoms with E-state index in [9.17, 15) is 14.7 Å². The first kappa shape index (κ1) is 17.1. The minimum atomic E-state index is -0.789. The van der Waals surface area contributed by atoms with Crippen LogP contribution < -0.4 is 5.43 Å². The van der Waals surface area contributed by atoms with Crippen LogP contribution in [0.3, 0.4) is 0 Å². The number of carboxylic acid groups (broad SMARTS) is 1. The quantitative estimate of drug-likeness (QED) is 0.766. The zero-order valence-electron chi connectivity index (χ0n) is 14.0. The van der Waals surface area contributed by atoms with E-state index in [1.54, 1.807) is 24.3 Å². The predicted molar refractivity (Wildman–Crippen MR) is 94.9 cm³/mol. The number of nitrogens with zero attached hydrogens (tertiary/aromatic N) is 1. The summed E-state index contributed by atoms with van der Waals surface area (Å²) < 4.78 is 0.899. The van der Waals surface area contributed by atoms with E-state index in [1.807, 2.05) is 13.8 Å². The Balaban J connectivity index is 1.86. The lowest BCUT2D eigenvalue weighted by atomic mass is 9.65. The zero-order valence-corrected chi connectivity index (χ0v) is 15.6. The number of hydrogen-bond donors (Lipinski definition) is 2. The first-order chi connectivity index (χ1) is 11.1. The molecule has 1 aromatic rings. The molecule has 0 heterocycles. The molecule has 2 aliphatic carbocycles. The van der Waals surface area contributed by atoms with Gasteiger partial charge in [-0.15, -0.1) is 0 Å². The fourth-order valence-electron chi connectivity index (χ4n) is 4.31. The van der Waals surface area contributed by atoms with Crippen molar-refractivity contribution < 1.29 is 14.7 Å². The predicted octanol–water partition coefficient (Wildman–Crippen LogP) is 3.84. The van der Waals surface area contributed by atoms with Gasteiger partial charge in [0.2, 0.25) is 0 Å². The molecule has 2 atom stereocenters. The summed E-state index contributed by atoms with van der Waals surface area (Å²) in [5.41, 5.74) is 2.41. The fourth-order valence-corrected chi connectivity index (χ4v) is 4.57. The average Bonchev–Trinajstić information content (AvgIpc) is 2.83. The molecule has 0 saturated heterocycles. The topological polar surface area (TPSA) is 78.8 Å². The van der Waals surface area contributed by atoms with Crippen LogP contribution in [-0.2, 0) is 4.79 Å². The SMILES string of the molecule is CC12CCC(C(=O)O)(C/C1=N\NC(=O)c1ccc(Br)cc1)C2(C)C. The first-order valence-corrected chi connectivity index (χ1v) is 8.80. The maximum Gasteiger partial charge on any atom is 0.310 e. The van der Waals surface area contributed by atoms with Gasteiger partial charge in [-0.2, -0.15) is 5.10 Å². The number of hydrogen-bond acceptors (Lipinski definition) is 3.